The molecule has 19 heavy (non-hydrogen) atoms. The number of benzene rings is 2. The molecule has 0 radical (unpaired) electrons. The van der Waals surface area contributed by atoms with Gasteiger partial charge in [-0.25, -0.2) is 0 Å². The van der Waals surface area contributed by atoms with Gasteiger partial charge in [0, 0.05) is 0 Å². The fraction of sp³-hybridized carbons (Fsp3) is 0. The van der Waals surface area contributed by atoms with Crippen LogP contribution >= 0.6 is 0 Å². The molecule has 0 amide bonds. The van der Waals surface area contributed by atoms with Crippen molar-refractivity contribution in [2.24, 2.45) is 11.5 Å². The summed E-state index contributed by atoms with van der Waals surface area (Å²) >= 11 is 0. The summed E-state index contributed by atoms with van der Waals surface area (Å²) in [5, 5.41) is 11.0. The Hall–Kier alpha value is -2.82. The topological polar surface area (TPSA) is 112 Å². The SMILES string of the molecule is NC(=[NH2+])c1ccc(Oc2ccc(C(N)=[NH2+])cc2)cc1. The molecule has 0 saturated heterocycles. The fourth-order valence-corrected chi connectivity index (χ4v) is 1.57. The van der Waals surface area contributed by atoms with Gasteiger partial charge in [0.05, 0.1) is 11.1 Å². The van der Waals surface area contributed by atoms with Gasteiger partial charge in [0.1, 0.15) is 11.5 Å². The first-order chi connectivity index (χ1) is 9.06. The molecule has 5 heteroatoms. The van der Waals surface area contributed by atoms with Crippen LogP contribution < -0.4 is 27.0 Å². The molecule has 0 aliphatic carbocycles. The minimum atomic E-state index is 0.282. The maximum atomic E-state index is 5.67. The van der Waals surface area contributed by atoms with Gasteiger partial charge in [0.2, 0.25) is 0 Å². The zero-order valence-corrected chi connectivity index (χ0v) is 10.3. The minimum absolute atomic E-state index is 0.282. The molecule has 0 spiro atoms. The Kier molecular flexibility index (Phi) is 3.47. The Labute approximate surface area is 110 Å². The maximum Gasteiger partial charge on any atom is 0.270 e. The summed E-state index contributed by atoms with van der Waals surface area (Å²) in [5.74, 6) is 1.96. The van der Waals surface area contributed by atoms with Gasteiger partial charge in [0.25, 0.3) is 11.7 Å². The number of amidine groups is 2. The summed E-state index contributed by atoms with van der Waals surface area (Å²) in [6.07, 6.45) is 0. The Morgan fingerprint density at radius 1 is 0.684 bits per heavy atom. The summed E-state index contributed by atoms with van der Waals surface area (Å²) in [5.41, 5.74) is 12.5. The van der Waals surface area contributed by atoms with Crippen LogP contribution in [0.5, 0.6) is 11.5 Å². The van der Waals surface area contributed by atoms with Crippen molar-refractivity contribution in [1.82, 2.24) is 0 Å². The van der Waals surface area contributed by atoms with E-state index in [2.05, 4.69) is 0 Å². The largest absolute Gasteiger partial charge is 0.457 e. The zero-order valence-electron chi connectivity index (χ0n) is 10.3. The molecule has 0 aromatic heterocycles. The highest BCUT2D eigenvalue weighted by Crippen LogP contribution is 2.21. The minimum Gasteiger partial charge on any atom is -0.457 e. The molecule has 2 aromatic carbocycles. The standard InChI is InChI=1S/C14H14N4O/c15-13(16)9-1-5-11(6-2-9)19-12-7-3-10(4-8-12)14(17)18/h1-8H,(H3,15,16)(H3,17,18)/p+2. The van der Waals surface area contributed by atoms with Crippen molar-refractivity contribution in [1.29, 1.82) is 0 Å². The molecule has 5 nitrogen and oxygen atoms in total. The second-order valence-corrected chi connectivity index (χ2v) is 4.06. The van der Waals surface area contributed by atoms with Crippen molar-refractivity contribution < 1.29 is 15.6 Å². The van der Waals surface area contributed by atoms with Crippen LogP contribution in [0.1, 0.15) is 11.1 Å². The van der Waals surface area contributed by atoms with Gasteiger partial charge in [0.15, 0.2) is 0 Å². The van der Waals surface area contributed by atoms with Crippen molar-refractivity contribution in [3.63, 3.8) is 0 Å². The smallest absolute Gasteiger partial charge is 0.270 e. The quantitative estimate of drug-likeness (QED) is 0.390. The van der Waals surface area contributed by atoms with Gasteiger partial charge in [-0.15, -0.1) is 0 Å². The van der Waals surface area contributed by atoms with Gasteiger partial charge in [-0.2, -0.15) is 0 Å². The molecule has 2 aromatic rings. The Morgan fingerprint density at radius 3 is 1.26 bits per heavy atom. The van der Waals surface area contributed by atoms with Crippen LogP contribution in [0.25, 0.3) is 0 Å². The van der Waals surface area contributed by atoms with Crippen molar-refractivity contribution in [2.45, 2.75) is 0 Å². The lowest BCUT2D eigenvalue weighted by Gasteiger charge is -2.06. The van der Waals surface area contributed by atoms with Crippen molar-refractivity contribution in [2.75, 3.05) is 0 Å². The van der Waals surface area contributed by atoms with Gasteiger partial charge in [-0.05, 0) is 48.5 Å². The van der Waals surface area contributed by atoms with Gasteiger partial charge < -0.3 is 4.74 Å². The van der Waals surface area contributed by atoms with E-state index in [4.69, 9.17) is 27.0 Å². The Balaban J connectivity index is 2.12. The summed E-state index contributed by atoms with van der Waals surface area (Å²) in [6.45, 7) is 0. The van der Waals surface area contributed by atoms with Gasteiger partial charge in [-0.3, -0.25) is 22.3 Å². The first-order valence-electron chi connectivity index (χ1n) is 5.71. The molecule has 0 aliphatic heterocycles. The lowest BCUT2D eigenvalue weighted by Crippen LogP contribution is -2.46. The Morgan fingerprint density at radius 2 is 1.00 bits per heavy atom. The third-order valence-corrected chi connectivity index (χ3v) is 2.61. The average molecular weight is 256 g/mol. The molecule has 0 bridgehead atoms. The monoisotopic (exact) mass is 256 g/mol. The van der Waals surface area contributed by atoms with E-state index in [0.29, 0.717) is 11.5 Å². The first-order valence-corrected chi connectivity index (χ1v) is 5.71. The van der Waals surface area contributed by atoms with Crippen LogP contribution in [-0.2, 0) is 0 Å². The predicted molar refractivity (Wildman–Crippen MR) is 73.4 cm³/mol. The van der Waals surface area contributed by atoms with Gasteiger partial charge >= 0.3 is 0 Å². The van der Waals surface area contributed by atoms with E-state index in [-0.39, 0.29) is 11.7 Å². The molecule has 96 valence electrons. The van der Waals surface area contributed by atoms with Crippen molar-refractivity contribution >= 4 is 11.7 Å². The first kappa shape index (κ1) is 12.6. The highest BCUT2D eigenvalue weighted by molar-refractivity contribution is 5.93. The van der Waals surface area contributed by atoms with Crippen molar-refractivity contribution in [3.05, 3.63) is 59.7 Å². The van der Waals surface area contributed by atoms with Crippen LogP contribution in [0.2, 0.25) is 0 Å². The number of hydrogen-bond donors (Lipinski definition) is 4. The summed E-state index contributed by atoms with van der Waals surface area (Å²) < 4.78 is 5.67. The number of rotatable bonds is 4. The normalized spacial score (nSPS) is 9.89. The molecular weight excluding hydrogens is 240 g/mol. The average Bonchev–Trinajstić information content (AvgIpc) is 2.40. The number of nitrogens with two attached hydrogens (primary N) is 4. The van der Waals surface area contributed by atoms with E-state index in [0.717, 1.165) is 11.1 Å². The second kappa shape index (κ2) is 5.22. The molecule has 0 fully saturated rings. The highest BCUT2D eigenvalue weighted by atomic mass is 16.5. The van der Waals surface area contributed by atoms with Crippen LogP contribution in [-0.4, -0.2) is 11.7 Å². The van der Waals surface area contributed by atoms with E-state index in [1.54, 1.807) is 48.5 Å². The molecular formula is C14H16N4O+2. The van der Waals surface area contributed by atoms with Gasteiger partial charge in [-0.1, -0.05) is 0 Å². The molecule has 0 aliphatic rings. The molecule has 0 unspecified atom stereocenters. The molecule has 0 atom stereocenters. The third-order valence-electron chi connectivity index (χ3n) is 2.61. The fourth-order valence-electron chi connectivity index (χ4n) is 1.57. The molecule has 8 N–H and O–H groups in total. The Bertz CT molecular complexity index is 547. The van der Waals surface area contributed by atoms with E-state index in [1.165, 1.54) is 0 Å². The third kappa shape index (κ3) is 3.10. The lowest BCUT2D eigenvalue weighted by molar-refractivity contribution is -0.115. The van der Waals surface area contributed by atoms with Crippen molar-refractivity contribution in [3.8, 4) is 11.5 Å². The van der Waals surface area contributed by atoms with Crippen LogP contribution in [0, 0.1) is 0 Å². The summed E-state index contributed by atoms with van der Waals surface area (Å²) in [6, 6.07) is 14.4. The van der Waals surface area contributed by atoms with E-state index < -0.39 is 0 Å². The zero-order chi connectivity index (χ0) is 13.8. The molecule has 2 rings (SSSR count). The van der Waals surface area contributed by atoms with Crippen LogP contribution in [0.15, 0.2) is 48.5 Å². The molecule has 0 saturated carbocycles. The van der Waals surface area contributed by atoms with E-state index in [9.17, 15) is 0 Å². The van der Waals surface area contributed by atoms with Crippen LogP contribution in [0.3, 0.4) is 0 Å². The second-order valence-electron chi connectivity index (χ2n) is 4.06. The predicted octanol–water partition coefficient (Wildman–Crippen LogP) is -1.59. The summed E-state index contributed by atoms with van der Waals surface area (Å²) in [4.78, 5) is 0. The maximum absolute atomic E-state index is 5.67. The highest BCUT2D eigenvalue weighted by Gasteiger charge is 2.04. The molecule has 0 heterocycles. The number of hydrogen-bond acceptors (Lipinski definition) is 1. The summed E-state index contributed by atoms with van der Waals surface area (Å²) in [7, 11) is 0. The van der Waals surface area contributed by atoms with E-state index >= 15 is 0 Å². The number of ether oxygens (including phenoxy) is 1. The van der Waals surface area contributed by atoms with Crippen LogP contribution in [0.4, 0.5) is 0 Å². The van der Waals surface area contributed by atoms with E-state index in [1.807, 2.05) is 0 Å². The lowest BCUT2D eigenvalue weighted by atomic mass is 10.2.